The molecule has 0 spiro atoms. The van der Waals surface area contributed by atoms with Gasteiger partial charge in [-0.05, 0) is 116 Å². The Morgan fingerprint density at radius 3 is 0.929 bits per heavy atom. The summed E-state index contributed by atoms with van der Waals surface area (Å²) < 4.78 is 16.7. The molecule has 0 aliphatic heterocycles. The van der Waals surface area contributed by atoms with E-state index in [2.05, 4.69) is 142 Å². The largest absolute Gasteiger partial charge is 0.462 e. The van der Waals surface area contributed by atoms with Crippen molar-refractivity contribution in [1.82, 2.24) is 0 Å². The molecule has 0 aliphatic rings. The summed E-state index contributed by atoms with van der Waals surface area (Å²) >= 11 is 0. The van der Waals surface area contributed by atoms with Gasteiger partial charge in [0.15, 0.2) is 6.10 Å². The highest BCUT2D eigenvalue weighted by Crippen LogP contribution is 2.14. The molecule has 0 fully saturated rings. The quantitative estimate of drug-likeness (QED) is 0.0262. The van der Waals surface area contributed by atoms with Crippen molar-refractivity contribution in [1.29, 1.82) is 0 Å². The van der Waals surface area contributed by atoms with Crippen LogP contribution in [0.2, 0.25) is 0 Å². The zero-order valence-corrected chi connectivity index (χ0v) is 45.2. The van der Waals surface area contributed by atoms with Crippen molar-refractivity contribution >= 4 is 17.9 Å². The standard InChI is InChI=1S/C64H104O6/c1-4-7-10-13-16-19-21-23-25-27-28-29-30-31-32-33-34-35-36-38-39-41-43-45-48-51-54-57-63(66)69-60-61(59-68-62(65)56-53-50-47-18-15-12-9-6-3)70-64(67)58-55-52-49-46-44-42-40-37-26-24-22-20-17-14-11-8-5-2/h7,10,16-17,19-20,23-26,28-29,31-32,34-35,38-39,43,45,61H,4-6,8-9,11-15,18,21-22,27,30,33,36-37,40-42,44,46-60H2,1-3H3/b10-7-,19-16-,20-17-,25-23-,26-24-,29-28-,32-31-,35-34-,39-38-,45-43-. The zero-order valence-electron chi connectivity index (χ0n) is 45.2. The van der Waals surface area contributed by atoms with Gasteiger partial charge in [0.05, 0.1) is 0 Å². The van der Waals surface area contributed by atoms with Gasteiger partial charge in [0.25, 0.3) is 0 Å². The summed E-state index contributed by atoms with van der Waals surface area (Å²) in [6.45, 7) is 6.42. The molecule has 0 amide bonds. The van der Waals surface area contributed by atoms with E-state index in [1.807, 2.05) is 0 Å². The number of carbonyl (C=O) groups excluding carboxylic acids is 3. The molecule has 1 unspecified atom stereocenters. The third-order valence-corrected chi connectivity index (χ3v) is 11.7. The average molecular weight is 970 g/mol. The second-order valence-corrected chi connectivity index (χ2v) is 18.5. The van der Waals surface area contributed by atoms with Gasteiger partial charge >= 0.3 is 17.9 Å². The van der Waals surface area contributed by atoms with E-state index >= 15 is 0 Å². The van der Waals surface area contributed by atoms with Crippen molar-refractivity contribution < 1.29 is 28.6 Å². The second kappa shape index (κ2) is 57.4. The van der Waals surface area contributed by atoms with Gasteiger partial charge in [-0.3, -0.25) is 14.4 Å². The molecule has 0 aliphatic carbocycles. The molecule has 0 saturated heterocycles. The van der Waals surface area contributed by atoms with Crippen LogP contribution in [-0.2, 0) is 28.6 Å². The first kappa shape index (κ1) is 65.8. The van der Waals surface area contributed by atoms with Crippen LogP contribution in [0.5, 0.6) is 0 Å². The number of esters is 3. The third kappa shape index (κ3) is 54.7. The number of ether oxygens (including phenoxy) is 3. The van der Waals surface area contributed by atoms with E-state index in [1.54, 1.807) is 0 Å². The maximum Gasteiger partial charge on any atom is 0.306 e. The molecule has 0 N–H and O–H groups in total. The van der Waals surface area contributed by atoms with Crippen LogP contribution in [0.15, 0.2) is 122 Å². The predicted molar refractivity (Wildman–Crippen MR) is 302 cm³/mol. The van der Waals surface area contributed by atoms with Crippen LogP contribution < -0.4 is 0 Å². The van der Waals surface area contributed by atoms with Crippen LogP contribution >= 0.6 is 0 Å². The molecular formula is C64H104O6. The van der Waals surface area contributed by atoms with Crippen LogP contribution in [0.3, 0.4) is 0 Å². The minimum Gasteiger partial charge on any atom is -0.462 e. The molecule has 6 heteroatoms. The molecule has 0 aromatic carbocycles. The summed E-state index contributed by atoms with van der Waals surface area (Å²) in [6, 6.07) is 0. The summed E-state index contributed by atoms with van der Waals surface area (Å²) in [6.07, 6.45) is 79.2. The third-order valence-electron chi connectivity index (χ3n) is 11.7. The van der Waals surface area contributed by atoms with Crippen molar-refractivity contribution in [2.24, 2.45) is 0 Å². The molecular weight excluding hydrogens is 865 g/mol. The van der Waals surface area contributed by atoms with Gasteiger partial charge in [-0.15, -0.1) is 0 Å². The molecule has 0 heterocycles. The number of hydrogen-bond donors (Lipinski definition) is 0. The van der Waals surface area contributed by atoms with Crippen molar-refractivity contribution in [3.8, 4) is 0 Å². The molecule has 1 atom stereocenters. The highest BCUT2D eigenvalue weighted by Gasteiger charge is 2.19. The Labute approximate surface area is 431 Å². The van der Waals surface area contributed by atoms with Gasteiger partial charge in [0.2, 0.25) is 0 Å². The van der Waals surface area contributed by atoms with Gasteiger partial charge in [-0.2, -0.15) is 0 Å². The lowest BCUT2D eigenvalue weighted by atomic mass is 10.1. The lowest BCUT2D eigenvalue weighted by molar-refractivity contribution is -0.167. The summed E-state index contributed by atoms with van der Waals surface area (Å²) in [7, 11) is 0. The Morgan fingerprint density at radius 1 is 0.300 bits per heavy atom. The molecule has 0 aromatic rings. The highest BCUT2D eigenvalue weighted by atomic mass is 16.6. The number of carbonyl (C=O) groups is 3. The Morgan fingerprint density at radius 2 is 0.557 bits per heavy atom. The predicted octanol–water partition coefficient (Wildman–Crippen LogP) is 19.3. The van der Waals surface area contributed by atoms with Gasteiger partial charge < -0.3 is 14.2 Å². The van der Waals surface area contributed by atoms with Crippen LogP contribution in [0.25, 0.3) is 0 Å². The molecule has 6 nitrogen and oxygen atoms in total. The maximum absolute atomic E-state index is 12.8. The fraction of sp³-hybridized carbons (Fsp3) is 0.641. The van der Waals surface area contributed by atoms with E-state index < -0.39 is 6.10 Å². The van der Waals surface area contributed by atoms with Crippen molar-refractivity contribution in [3.05, 3.63) is 122 Å². The minimum absolute atomic E-state index is 0.0968. The monoisotopic (exact) mass is 969 g/mol. The number of hydrogen-bond acceptors (Lipinski definition) is 6. The number of unbranched alkanes of at least 4 members (excludes halogenated alkanes) is 19. The van der Waals surface area contributed by atoms with Gasteiger partial charge in [-0.1, -0.05) is 232 Å². The van der Waals surface area contributed by atoms with Crippen LogP contribution in [-0.4, -0.2) is 37.2 Å². The molecule has 0 rings (SSSR count). The van der Waals surface area contributed by atoms with Crippen molar-refractivity contribution in [2.75, 3.05) is 13.2 Å². The van der Waals surface area contributed by atoms with Crippen LogP contribution in [0.4, 0.5) is 0 Å². The molecule has 396 valence electrons. The summed E-state index contributed by atoms with van der Waals surface area (Å²) in [5.41, 5.74) is 0. The van der Waals surface area contributed by atoms with E-state index in [0.717, 1.165) is 116 Å². The minimum atomic E-state index is -0.801. The Kier molecular flexibility index (Phi) is 54.0. The Balaban J connectivity index is 4.35. The first-order valence-electron chi connectivity index (χ1n) is 28.5. The van der Waals surface area contributed by atoms with E-state index in [-0.39, 0.29) is 31.1 Å². The fourth-order valence-corrected chi connectivity index (χ4v) is 7.43. The summed E-state index contributed by atoms with van der Waals surface area (Å²) in [5, 5.41) is 0. The van der Waals surface area contributed by atoms with Gasteiger partial charge in [0, 0.05) is 19.3 Å². The Hall–Kier alpha value is -4.19. The molecule has 0 aromatic heterocycles. The maximum atomic E-state index is 12.8. The number of allylic oxidation sites excluding steroid dienone is 20. The van der Waals surface area contributed by atoms with Gasteiger partial charge in [0.1, 0.15) is 13.2 Å². The smallest absolute Gasteiger partial charge is 0.306 e. The topological polar surface area (TPSA) is 78.9 Å². The molecule has 0 radical (unpaired) electrons. The van der Waals surface area contributed by atoms with Crippen LogP contribution in [0.1, 0.15) is 245 Å². The summed E-state index contributed by atoms with van der Waals surface area (Å²) in [4.78, 5) is 38.0. The zero-order chi connectivity index (χ0) is 50.7. The van der Waals surface area contributed by atoms with E-state index in [4.69, 9.17) is 14.2 Å². The first-order chi connectivity index (χ1) is 34.5. The van der Waals surface area contributed by atoms with Crippen LogP contribution in [0, 0.1) is 0 Å². The lowest BCUT2D eigenvalue weighted by Gasteiger charge is -2.18. The highest BCUT2D eigenvalue weighted by molar-refractivity contribution is 5.71. The normalized spacial score (nSPS) is 13.0. The SMILES string of the molecule is CC/C=C\C/C=C\C/C=C\C/C=C\C/C=C\C/C=C\C/C=C\C/C=C\CCCCC(=O)OCC(COC(=O)CCCCCCCCCC)OC(=O)CCCCCCCCC/C=C\C/C=C\CCCCC. The van der Waals surface area contributed by atoms with Crippen molar-refractivity contribution in [3.63, 3.8) is 0 Å². The van der Waals surface area contributed by atoms with E-state index in [9.17, 15) is 14.4 Å². The molecule has 70 heavy (non-hydrogen) atoms. The molecule has 0 bridgehead atoms. The lowest BCUT2D eigenvalue weighted by Crippen LogP contribution is -2.30. The Bertz CT molecular complexity index is 1490. The van der Waals surface area contributed by atoms with E-state index in [1.165, 1.54) is 83.5 Å². The average Bonchev–Trinajstić information content (AvgIpc) is 3.36. The van der Waals surface area contributed by atoms with E-state index in [0.29, 0.717) is 25.7 Å². The first-order valence-corrected chi connectivity index (χ1v) is 28.5. The fourth-order valence-electron chi connectivity index (χ4n) is 7.43. The molecule has 0 saturated carbocycles. The van der Waals surface area contributed by atoms with Gasteiger partial charge in [-0.25, -0.2) is 0 Å². The summed E-state index contributed by atoms with van der Waals surface area (Å²) in [5.74, 6) is -0.958. The van der Waals surface area contributed by atoms with Crippen molar-refractivity contribution in [2.45, 2.75) is 252 Å². The number of rotatable bonds is 50. The second-order valence-electron chi connectivity index (χ2n) is 18.5.